The van der Waals surface area contributed by atoms with Gasteiger partial charge < -0.3 is 9.47 Å². The fourth-order valence-corrected chi connectivity index (χ4v) is 3.48. The molecule has 4 rings (SSSR count). The van der Waals surface area contributed by atoms with Crippen LogP contribution in [0.1, 0.15) is 16.8 Å². The summed E-state index contributed by atoms with van der Waals surface area (Å²) in [6.45, 7) is 3.19. The van der Waals surface area contributed by atoms with Crippen LogP contribution in [0.25, 0.3) is 10.9 Å². The van der Waals surface area contributed by atoms with Gasteiger partial charge in [-0.1, -0.05) is 48.5 Å². The van der Waals surface area contributed by atoms with E-state index in [0.29, 0.717) is 6.26 Å². The molecule has 0 fully saturated rings. The maximum absolute atomic E-state index is 9.63. The average molecular weight is 467 g/mol. The zero-order chi connectivity index (χ0) is 23.2. The quantitative estimate of drug-likeness (QED) is 0.584. The van der Waals surface area contributed by atoms with Crippen molar-refractivity contribution in [3.05, 3.63) is 71.4 Å². The molecule has 0 amide bonds. The lowest BCUT2D eigenvalue weighted by molar-refractivity contribution is 0.310. The van der Waals surface area contributed by atoms with Crippen molar-refractivity contribution in [1.29, 1.82) is 0 Å². The van der Waals surface area contributed by atoms with Gasteiger partial charge in [0, 0.05) is 55.2 Å². The number of nitrogens with zero attached hydrogens (tertiary/aromatic N) is 2. The number of aromatic nitrogens is 1. The molecule has 0 bridgehead atoms. The maximum Gasteiger partial charge on any atom is 0.261 e. The smallest absolute Gasteiger partial charge is 0.261 e. The third-order valence-corrected chi connectivity index (χ3v) is 4.54. The molecule has 0 radical (unpaired) electrons. The highest BCUT2D eigenvalue weighted by molar-refractivity contribution is 7.89. The summed E-state index contributed by atoms with van der Waals surface area (Å²) < 4.78 is 47.7. The molecule has 2 heterocycles. The summed E-state index contributed by atoms with van der Waals surface area (Å²) in [5, 5.41) is 1.43. The van der Waals surface area contributed by atoms with Gasteiger partial charge in [0.1, 0.15) is 9.84 Å². The fraction of sp³-hybridized carbons (Fsp3) is 0.364. The predicted octanol–water partition coefficient (Wildman–Crippen LogP) is 2.84. The zero-order valence-corrected chi connectivity index (χ0v) is 19.9. The highest BCUT2D eigenvalue weighted by Gasteiger charge is 2.21. The summed E-state index contributed by atoms with van der Waals surface area (Å²) in [5.41, 5.74) is 5.80. The lowest BCUT2D eigenvalue weighted by Crippen LogP contribution is -2.27. The molecule has 1 N–H and O–H groups in total. The van der Waals surface area contributed by atoms with Gasteiger partial charge in [-0.05, 0) is 24.2 Å². The second kappa shape index (κ2) is 10.4. The highest BCUT2D eigenvalue weighted by atomic mass is 32.2. The summed E-state index contributed by atoms with van der Waals surface area (Å²) in [6.07, 6.45) is 4.18. The van der Waals surface area contributed by atoms with E-state index in [1.165, 1.54) is 27.7 Å². The lowest BCUT2D eigenvalue weighted by atomic mass is 10.1. The van der Waals surface area contributed by atoms with Crippen molar-refractivity contribution < 1.29 is 21.4 Å². The van der Waals surface area contributed by atoms with E-state index < -0.39 is 20.0 Å². The molecule has 0 atom stereocenters. The van der Waals surface area contributed by atoms with Crippen molar-refractivity contribution in [3.8, 4) is 0 Å². The molecule has 0 saturated carbocycles. The van der Waals surface area contributed by atoms with E-state index in [1.54, 1.807) is 0 Å². The van der Waals surface area contributed by atoms with Crippen LogP contribution >= 0.6 is 0 Å². The number of fused-ring (bicyclic) bond motifs is 3. The van der Waals surface area contributed by atoms with Crippen molar-refractivity contribution in [2.24, 2.45) is 0 Å². The molecule has 1 aliphatic heterocycles. The average Bonchev–Trinajstić information content (AvgIpc) is 2.93. The first kappa shape index (κ1) is 25.1. The minimum absolute atomic E-state index is 0.715. The first-order chi connectivity index (χ1) is 14.3. The standard InChI is InChI=1S/C19H20N2.C2H6O2S.CH4O3S/c1-20-12-11-19-17(14-20)16-9-5-6-10-18(16)21(19)13-15-7-3-2-4-8-15;2*1-5(2,3)4/h2-10H,11-14H2,1H3;1-2H3;1H3,(H,2,3,4). The molecule has 7 nitrogen and oxygen atoms in total. The number of para-hydroxylation sites is 1. The Kier molecular flexibility index (Phi) is 8.41. The van der Waals surface area contributed by atoms with Gasteiger partial charge >= 0.3 is 0 Å². The van der Waals surface area contributed by atoms with Crippen molar-refractivity contribution in [3.63, 3.8) is 0 Å². The Morgan fingerprint density at radius 1 is 0.903 bits per heavy atom. The Balaban J connectivity index is 0.000000289. The summed E-state index contributed by atoms with van der Waals surface area (Å²) in [4.78, 5) is 2.42. The minimum Gasteiger partial charge on any atom is -0.340 e. The van der Waals surface area contributed by atoms with Gasteiger partial charge in [0.25, 0.3) is 10.1 Å². The third-order valence-electron chi connectivity index (χ3n) is 4.54. The van der Waals surface area contributed by atoms with Gasteiger partial charge in [-0.3, -0.25) is 4.55 Å². The summed E-state index contributed by atoms with van der Waals surface area (Å²) in [5.74, 6) is 0. The van der Waals surface area contributed by atoms with Gasteiger partial charge in [-0.15, -0.1) is 0 Å². The number of rotatable bonds is 2. The molecule has 0 unspecified atom stereocenters. The second-order valence-corrected chi connectivity index (χ2v) is 11.6. The van der Waals surface area contributed by atoms with Crippen molar-refractivity contribution in [2.75, 3.05) is 32.4 Å². The van der Waals surface area contributed by atoms with Gasteiger partial charge in [0.2, 0.25) is 0 Å². The van der Waals surface area contributed by atoms with E-state index in [4.69, 9.17) is 4.55 Å². The summed E-state index contributed by atoms with van der Waals surface area (Å²) in [7, 11) is -4.12. The first-order valence-corrected chi connectivity index (χ1v) is 13.9. The van der Waals surface area contributed by atoms with Crippen LogP contribution in [0.5, 0.6) is 0 Å². The Labute approximate surface area is 185 Å². The van der Waals surface area contributed by atoms with Crippen molar-refractivity contribution in [1.82, 2.24) is 9.47 Å². The van der Waals surface area contributed by atoms with E-state index >= 15 is 0 Å². The number of hydrogen-bond donors (Lipinski definition) is 1. The number of sulfone groups is 1. The van der Waals surface area contributed by atoms with Crippen LogP contribution in [-0.4, -0.2) is 63.2 Å². The fourth-order valence-electron chi connectivity index (χ4n) is 3.48. The van der Waals surface area contributed by atoms with Crippen LogP contribution < -0.4 is 0 Å². The van der Waals surface area contributed by atoms with Gasteiger partial charge in [0.05, 0.1) is 6.26 Å². The number of likely N-dealkylation sites (N-methyl/N-ethyl adjacent to an activating group) is 1. The summed E-state index contributed by atoms with van der Waals surface area (Å²) in [6, 6.07) is 19.6. The molecule has 0 spiro atoms. The SMILES string of the molecule is CN1CCc2c(c3ccccc3n2Cc2ccccc2)C1.CS(=O)(=O)O.CS(C)(=O)=O. The maximum atomic E-state index is 9.63. The van der Waals surface area contributed by atoms with Crippen LogP contribution in [0.15, 0.2) is 54.6 Å². The lowest BCUT2D eigenvalue weighted by Gasteiger charge is -2.24. The predicted molar refractivity (Wildman–Crippen MR) is 126 cm³/mol. The summed E-state index contributed by atoms with van der Waals surface area (Å²) >= 11 is 0. The van der Waals surface area contributed by atoms with Crippen LogP contribution in [0.3, 0.4) is 0 Å². The normalized spacial score (nSPS) is 14.1. The molecule has 0 saturated heterocycles. The topological polar surface area (TPSA) is 96.7 Å². The molecule has 1 aromatic heterocycles. The van der Waals surface area contributed by atoms with E-state index in [2.05, 4.69) is 71.1 Å². The van der Waals surface area contributed by atoms with Gasteiger partial charge in [0.15, 0.2) is 0 Å². The monoisotopic (exact) mass is 466 g/mol. The Morgan fingerprint density at radius 3 is 2.00 bits per heavy atom. The number of hydrogen-bond acceptors (Lipinski definition) is 5. The van der Waals surface area contributed by atoms with Gasteiger partial charge in [-0.2, -0.15) is 8.42 Å². The van der Waals surface area contributed by atoms with E-state index in [-0.39, 0.29) is 0 Å². The van der Waals surface area contributed by atoms with Crippen LogP contribution in [0, 0.1) is 0 Å². The molecule has 31 heavy (non-hydrogen) atoms. The third kappa shape index (κ3) is 8.82. The van der Waals surface area contributed by atoms with Gasteiger partial charge in [-0.25, -0.2) is 8.42 Å². The molecule has 9 heteroatoms. The molecule has 0 aliphatic carbocycles. The molecule has 170 valence electrons. The molecule has 2 aromatic carbocycles. The molecular formula is C22H30N2O5S2. The van der Waals surface area contributed by atoms with E-state index in [9.17, 15) is 16.8 Å². The molecular weight excluding hydrogens is 436 g/mol. The van der Waals surface area contributed by atoms with Crippen LogP contribution in [-0.2, 0) is 39.5 Å². The first-order valence-electron chi connectivity index (χ1n) is 9.72. The number of benzene rings is 2. The van der Waals surface area contributed by atoms with E-state index in [0.717, 1.165) is 38.6 Å². The van der Waals surface area contributed by atoms with E-state index in [1.807, 2.05) is 0 Å². The van der Waals surface area contributed by atoms with Crippen LogP contribution in [0.2, 0.25) is 0 Å². The second-order valence-electron chi connectivity index (χ2n) is 7.88. The molecule has 3 aromatic rings. The van der Waals surface area contributed by atoms with Crippen molar-refractivity contribution >= 4 is 30.9 Å². The Morgan fingerprint density at radius 2 is 1.42 bits per heavy atom. The largest absolute Gasteiger partial charge is 0.340 e. The Hall–Kier alpha value is -2.20. The highest BCUT2D eigenvalue weighted by Crippen LogP contribution is 2.31. The van der Waals surface area contributed by atoms with Crippen molar-refractivity contribution in [2.45, 2.75) is 19.5 Å². The van der Waals surface area contributed by atoms with Crippen LogP contribution in [0.4, 0.5) is 0 Å². The zero-order valence-electron chi connectivity index (χ0n) is 18.3. The minimum atomic E-state index is -3.67. The Bertz CT molecular complexity index is 1170. The molecule has 1 aliphatic rings.